The maximum absolute atomic E-state index is 11.0. The minimum atomic E-state index is -0.461. The number of benzene rings is 2. The molecule has 3 aromatic rings. The molecule has 1 N–H and O–H groups in total. The van der Waals surface area contributed by atoms with E-state index in [2.05, 4.69) is 15.5 Å². The van der Waals surface area contributed by atoms with Crippen LogP contribution in [0.3, 0.4) is 0 Å². The Labute approximate surface area is 152 Å². The monoisotopic (exact) mass is 370 g/mol. The van der Waals surface area contributed by atoms with Crippen LogP contribution in [0.2, 0.25) is 0 Å². The van der Waals surface area contributed by atoms with Gasteiger partial charge in [0.25, 0.3) is 5.69 Å². The van der Waals surface area contributed by atoms with E-state index < -0.39 is 4.92 Å². The molecule has 0 saturated heterocycles. The maximum Gasteiger partial charge on any atom is 0.269 e. The van der Waals surface area contributed by atoms with Crippen molar-refractivity contribution >= 4 is 29.0 Å². The summed E-state index contributed by atoms with van der Waals surface area (Å²) in [6.45, 7) is 1.46. The molecule has 0 unspecified atom stereocenters. The number of nitrogens with one attached hydrogen (secondary N) is 1. The summed E-state index contributed by atoms with van der Waals surface area (Å²) in [6, 6.07) is 13.4. The fourth-order valence-corrected chi connectivity index (χ4v) is 2.87. The van der Waals surface area contributed by atoms with Crippen LogP contribution in [0.5, 0.6) is 0 Å². The Morgan fingerprint density at radius 1 is 1.15 bits per heavy atom. The SMILES string of the molecule is CC(=O)Nc1ccc(SCc2nnc(-c3ccc([N+](=O)[O-])cc3)o2)cc1. The Morgan fingerprint density at radius 3 is 2.46 bits per heavy atom. The van der Waals surface area contributed by atoms with Crippen molar-refractivity contribution in [3.8, 4) is 11.5 Å². The molecule has 3 rings (SSSR count). The number of hydrogen-bond donors (Lipinski definition) is 1. The highest BCUT2D eigenvalue weighted by atomic mass is 32.2. The minimum Gasteiger partial charge on any atom is -0.420 e. The van der Waals surface area contributed by atoms with Gasteiger partial charge >= 0.3 is 0 Å². The van der Waals surface area contributed by atoms with Crippen LogP contribution >= 0.6 is 11.8 Å². The zero-order valence-electron chi connectivity index (χ0n) is 13.7. The van der Waals surface area contributed by atoms with Crippen molar-refractivity contribution in [2.24, 2.45) is 0 Å². The molecule has 0 saturated carbocycles. The number of hydrogen-bond acceptors (Lipinski definition) is 7. The summed E-state index contributed by atoms with van der Waals surface area (Å²) in [4.78, 5) is 22.2. The number of thioether (sulfide) groups is 1. The first kappa shape index (κ1) is 17.6. The number of carbonyl (C=O) groups excluding carboxylic acids is 1. The van der Waals surface area contributed by atoms with Gasteiger partial charge < -0.3 is 9.73 Å². The van der Waals surface area contributed by atoms with E-state index in [1.807, 2.05) is 24.3 Å². The average Bonchev–Trinajstić information content (AvgIpc) is 3.10. The van der Waals surface area contributed by atoms with Gasteiger partial charge in [-0.2, -0.15) is 0 Å². The quantitative estimate of drug-likeness (QED) is 0.398. The molecule has 1 amide bonds. The molecule has 0 bridgehead atoms. The second-order valence-electron chi connectivity index (χ2n) is 5.30. The fourth-order valence-electron chi connectivity index (χ4n) is 2.14. The number of carbonyl (C=O) groups is 1. The van der Waals surface area contributed by atoms with Crippen molar-refractivity contribution in [1.82, 2.24) is 10.2 Å². The summed E-state index contributed by atoms with van der Waals surface area (Å²) in [5, 5.41) is 21.4. The molecular weight excluding hydrogens is 356 g/mol. The van der Waals surface area contributed by atoms with E-state index >= 15 is 0 Å². The molecule has 0 aliphatic heterocycles. The van der Waals surface area contributed by atoms with E-state index in [-0.39, 0.29) is 11.6 Å². The first-order chi connectivity index (χ1) is 12.5. The van der Waals surface area contributed by atoms with E-state index in [0.717, 1.165) is 10.6 Å². The predicted octanol–water partition coefficient (Wildman–Crippen LogP) is 3.90. The second-order valence-corrected chi connectivity index (χ2v) is 6.35. The molecule has 0 aliphatic rings. The zero-order valence-corrected chi connectivity index (χ0v) is 14.5. The van der Waals surface area contributed by atoms with Crippen molar-refractivity contribution in [3.63, 3.8) is 0 Å². The molecule has 0 radical (unpaired) electrons. The number of aromatic nitrogens is 2. The van der Waals surface area contributed by atoms with Crippen molar-refractivity contribution in [2.45, 2.75) is 17.6 Å². The standard InChI is InChI=1S/C17H14N4O4S/c1-11(22)18-13-4-8-15(9-5-13)26-10-16-19-20-17(25-16)12-2-6-14(7-3-12)21(23)24/h2-9H,10H2,1H3,(H,18,22). The largest absolute Gasteiger partial charge is 0.420 e. The van der Waals surface area contributed by atoms with Gasteiger partial charge in [0.05, 0.1) is 10.7 Å². The number of amides is 1. The number of nitro groups is 1. The van der Waals surface area contributed by atoms with Crippen LogP contribution in [0.25, 0.3) is 11.5 Å². The number of non-ortho nitro benzene ring substituents is 1. The Hall–Kier alpha value is -3.20. The summed E-state index contributed by atoms with van der Waals surface area (Å²) < 4.78 is 5.60. The van der Waals surface area contributed by atoms with E-state index in [0.29, 0.717) is 23.1 Å². The number of anilines is 1. The van der Waals surface area contributed by atoms with Crippen LogP contribution in [-0.4, -0.2) is 21.0 Å². The Balaban J connectivity index is 1.61. The Bertz CT molecular complexity index is 923. The third-order valence-electron chi connectivity index (χ3n) is 3.33. The van der Waals surface area contributed by atoms with Gasteiger partial charge in [-0.3, -0.25) is 14.9 Å². The van der Waals surface area contributed by atoms with E-state index in [4.69, 9.17) is 4.42 Å². The molecule has 0 spiro atoms. The topological polar surface area (TPSA) is 111 Å². The number of nitro benzene ring substituents is 1. The third-order valence-corrected chi connectivity index (χ3v) is 4.33. The lowest BCUT2D eigenvalue weighted by molar-refractivity contribution is -0.384. The maximum atomic E-state index is 11.0. The highest BCUT2D eigenvalue weighted by molar-refractivity contribution is 7.98. The third kappa shape index (κ3) is 4.45. The fraction of sp³-hybridized carbons (Fsp3) is 0.118. The van der Waals surface area contributed by atoms with Crippen LogP contribution in [0, 0.1) is 10.1 Å². The zero-order chi connectivity index (χ0) is 18.5. The van der Waals surface area contributed by atoms with E-state index in [9.17, 15) is 14.9 Å². The van der Waals surface area contributed by atoms with Crippen LogP contribution in [-0.2, 0) is 10.5 Å². The molecule has 1 aromatic heterocycles. The lowest BCUT2D eigenvalue weighted by Crippen LogP contribution is -2.05. The van der Waals surface area contributed by atoms with Crippen LogP contribution < -0.4 is 5.32 Å². The molecule has 132 valence electrons. The van der Waals surface area contributed by atoms with Gasteiger partial charge in [-0.15, -0.1) is 22.0 Å². The van der Waals surface area contributed by atoms with Crippen LogP contribution in [0.4, 0.5) is 11.4 Å². The highest BCUT2D eigenvalue weighted by Gasteiger charge is 2.11. The summed E-state index contributed by atoms with van der Waals surface area (Å²) in [6.07, 6.45) is 0. The van der Waals surface area contributed by atoms with Gasteiger partial charge in [-0.05, 0) is 36.4 Å². The second kappa shape index (κ2) is 7.79. The van der Waals surface area contributed by atoms with E-state index in [1.165, 1.54) is 30.8 Å². The summed E-state index contributed by atoms with van der Waals surface area (Å²) in [5.41, 5.74) is 1.37. The van der Waals surface area contributed by atoms with Crippen molar-refractivity contribution in [2.75, 3.05) is 5.32 Å². The lowest BCUT2D eigenvalue weighted by Gasteiger charge is -2.03. The Kier molecular flexibility index (Phi) is 5.28. The van der Waals surface area contributed by atoms with Gasteiger partial charge in [0.15, 0.2) is 0 Å². The lowest BCUT2D eigenvalue weighted by atomic mass is 10.2. The first-order valence-electron chi connectivity index (χ1n) is 7.59. The normalized spacial score (nSPS) is 10.5. The molecule has 0 fully saturated rings. The minimum absolute atomic E-state index is 0.00625. The van der Waals surface area contributed by atoms with Crippen molar-refractivity contribution < 1.29 is 14.1 Å². The van der Waals surface area contributed by atoms with Gasteiger partial charge in [0, 0.05) is 35.2 Å². The molecule has 1 heterocycles. The van der Waals surface area contributed by atoms with Gasteiger partial charge in [-0.25, -0.2) is 0 Å². The Morgan fingerprint density at radius 2 is 1.85 bits per heavy atom. The number of nitrogens with zero attached hydrogens (tertiary/aromatic N) is 3. The summed E-state index contributed by atoms with van der Waals surface area (Å²) in [5.74, 6) is 1.14. The summed E-state index contributed by atoms with van der Waals surface area (Å²) >= 11 is 1.52. The van der Waals surface area contributed by atoms with Gasteiger partial charge in [0.2, 0.25) is 17.7 Å². The van der Waals surface area contributed by atoms with Crippen molar-refractivity contribution in [3.05, 3.63) is 64.5 Å². The average molecular weight is 370 g/mol. The smallest absolute Gasteiger partial charge is 0.269 e. The molecule has 0 atom stereocenters. The molecule has 0 aliphatic carbocycles. The molecule has 9 heteroatoms. The molecular formula is C17H14N4O4S. The van der Waals surface area contributed by atoms with Crippen LogP contribution in [0.15, 0.2) is 57.8 Å². The predicted molar refractivity (Wildman–Crippen MR) is 96.7 cm³/mol. The highest BCUT2D eigenvalue weighted by Crippen LogP contribution is 2.26. The molecule has 26 heavy (non-hydrogen) atoms. The first-order valence-corrected chi connectivity index (χ1v) is 8.57. The van der Waals surface area contributed by atoms with Crippen molar-refractivity contribution in [1.29, 1.82) is 0 Å². The number of rotatable bonds is 6. The van der Waals surface area contributed by atoms with Gasteiger partial charge in [-0.1, -0.05) is 0 Å². The molecule has 8 nitrogen and oxygen atoms in total. The van der Waals surface area contributed by atoms with Gasteiger partial charge in [0.1, 0.15) is 0 Å². The van der Waals surface area contributed by atoms with Crippen LogP contribution in [0.1, 0.15) is 12.8 Å². The summed E-state index contributed by atoms with van der Waals surface area (Å²) in [7, 11) is 0. The van der Waals surface area contributed by atoms with E-state index in [1.54, 1.807) is 12.1 Å². The molecule has 2 aromatic carbocycles.